The molecule has 1 heterocycles. The molecule has 0 aliphatic heterocycles. The third kappa shape index (κ3) is 3.81. The quantitative estimate of drug-likeness (QED) is 0.813. The minimum absolute atomic E-state index is 0.0233. The second kappa shape index (κ2) is 6.24. The predicted octanol–water partition coefficient (Wildman–Crippen LogP) is 4.32. The van der Waals surface area contributed by atoms with E-state index in [1.54, 1.807) is 18.3 Å². The van der Waals surface area contributed by atoms with Gasteiger partial charge in [0, 0.05) is 28.7 Å². The summed E-state index contributed by atoms with van der Waals surface area (Å²) in [5.74, 6) is -2.74. The van der Waals surface area contributed by atoms with E-state index in [9.17, 15) is 18.0 Å². The molecule has 1 aliphatic rings. The molecule has 0 radical (unpaired) electrons. The molecule has 1 fully saturated rings. The van der Waals surface area contributed by atoms with Gasteiger partial charge in [-0.05, 0) is 40.9 Å². The van der Waals surface area contributed by atoms with Gasteiger partial charge in [-0.1, -0.05) is 12.8 Å². The number of rotatable bonds is 3. The summed E-state index contributed by atoms with van der Waals surface area (Å²) < 4.78 is 39.7. The number of aromatic nitrogens is 1. The Morgan fingerprint density at radius 1 is 1.30 bits per heavy atom. The van der Waals surface area contributed by atoms with Crippen LogP contribution < -0.4 is 0 Å². The molecule has 1 aliphatic carbocycles. The maximum Gasteiger partial charge on any atom is 0.392 e. The van der Waals surface area contributed by atoms with Crippen LogP contribution in [-0.2, 0) is 11.2 Å². The molecular weight excluding hydrogens is 335 g/mol. The smallest absolute Gasteiger partial charge is 0.299 e. The summed E-state index contributed by atoms with van der Waals surface area (Å²) >= 11 is 3.23. The van der Waals surface area contributed by atoms with Crippen molar-refractivity contribution in [3.63, 3.8) is 0 Å². The highest BCUT2D eigenvalue weighted by Crippen LogP contribution is 2.42. The fourth-order valence-corrected chi connectivity index (χ4v) is 2.96. The van der Waals surface area contributed by atoms with Gasteiger partial charge in [-0.25, -0.2) is 0 Å². The van der Waals surface area contributed by atoms with Crippen molar-refractivity contribution >= 4 is 21.7 Å². The molecule has 0 N–H and O–H groups in total. The lowest BCUT2D eigenvalue weighted by Gasteiger charge is -2.31. The molecule has 6 heteroatoms. The van der Waals surface area contributed by atoms with Crippen LogP contribution in [0.5, 0.6) is 0 Å². The highest BCUT2D eigenvalue weighted by Gasteiger charge is 2.47. The van der Waals surface area contributed by atoms with Gasteiger partial charge in [-0.3, -0.25) is 9.78 Å². The zero-order valence-corrected chi connectivity index (χ0v) is 12.4. The SMILES string of the molecule is O=C(Cc1ccc(Br)cn1)C1CCCCC1C(F)(F)F. The molecule has 0 aromatic carbocycles. The van der Waals surface area contributed by atoms with Crippen LogP contribution in [0.1, 0.15) is 31.4 Å². The van der Waals surface area contributed by atoms with Crippen LogP contribution in [0, 0.1) is 11.8 Å². The molecule has 0 amide bonds. The summed E-state index contributed by atoms with van der Waals surface area (Å²) in [5, 5.41) is 0. The summed E-state index contributed by atoms with van der Waals surface area (Å²) in [4.78, 5) is 16.2. The number of halogens is 4. The summed E-state index contributed by atoms with van der Waals surface area (Å²) in [6, 6.07) is 3.39. The van der Waals surface area contributed by atoms with Gasteiger partial charge >= 0.3 is 6.18 Å². The van der Waals surface area contributed by atoms with Crippen molar-refractivity contribution in [3.8, 4) is 0 Å². The number of hydrogen-bond donors (Lipinski definition) is 0. The molecule has 2 atom stereocenters. The maximum absolute atomic E-state index is 13.0. The maximum atomic E-state index is 13.0. The lowest BCUT2D eigenvalue weighted by atomic mass is 9.75. The Morgan fingerprint density at radius 2 is 2.00 bits per heavy atom. The third-order valence-electron chi connectivity index (χ3n) is 3.74. The van der Waals surface area contributed by atoms with E-state index in [1.165, 1.54) is 0 Å². The predicted molar refractivity (Wildman–Crippen MR) is 72.2 cm³/mol. The summed E-state index contributed by atoms with van der Waals surface area (Å²) in [7, 11) is 0. The van der Waals surface area contributed by atoms with Gasteiger partial charge in [0.2, 0.25) is 0 Å². The van der Waals surface area contributed by atoms with E-state index in [4.69, 9.17) is 0 Å². The van der Waals surface area contributed by atoms with E-state index in [-0.39, 0.29) is 18.6 Å². The van der Waals surface area contributed by atoms with Crippen LogP contribution in [0.4, 0.5) is 13.2 Å². The minimum Gasteiger partial charge on any atom is -0.299 e. The van der Waals surface area contributed by atoms with Gasteiger partial charge in [0.25, 0.3) is 0 Å². The number of ketones is 1. The van der Waals surface area contributed by atoms with E-state index in [0.29, 0.717) is 25.0 Å². The van der Waals surface area contributed by atoms with Crippen LogP contribution in [0.25, 0.3) is 0 Å². The molecule has 2 rings (SSSR count). The monoisotopic (exact) mass is 349 g/mol. The third-order valence-corrected chi connectivity index (χ3v) is 4.21. The topological polar surface area (TPSA) is 30.0 Å². The zero-order valence-electron chi connectivity index (χ0n) is 10.8. The Hall–Kier alpha value is -0.910. The molecule has 0 saturated heterocycles. The number of carbonyl (C=O) groups excluding carboxylic acids is 1. The van der Waals surface area contributed by atoms with Crippen molar-refractivity contribution in [2.75, 3.05) is 0 Å². The Labute approximate surface area is 123 Å². The Bertz CT molecular complexity index is 472. The van der Waals surface area contributed by atoms with Crippen LogP contribution >= 0.6 is 15.9 Å². The Kier molecular flexibility index (Phi) is 4.83. The normalized spacial score (nSPS) is 23.6. The van der Waals surface area contributed by atoms with Gasteiger partial charge in [0.15, 0.2) is 0 Å². The lowest BCUT2D eigenvalue weighted by Crippen LogP contribution is -2.37. The van der Waals surface area contributed by atoms with Crippen LogP contribution in [0.15, 0.2) is 22.8 Å². The van der Waals surface area contributed by atoms with Gasteiger partial charge in [0.05, 0.1) is 5.92 Å². The first-order chi connectivity index (χ1) is 9.38. The summed E-state index contributed by atoms with van der Waals surface area (Å²) in [6.45, 7) is 0. The van der Waals surface area contributed by atoms with Crippen molar-refractivity contribution in [2.24, 2.45) is 11.8 Å². The molecule has 1 saturated carbocycles. The Morgan fingerprint density at radius 3 is 2.60 bits per heavy atom. The largest absolute Gasteiger partial charge is 0.392 e. The molecular formula is C14H15BrF3NO. The standard InChI is InChI=1S/C14H15BrF3NO/c15-9-5-6-10(19-8-9)7-13(20)11-3-1-2-4-12(11)14(16,17)18/h5-6,8,11-12H,1-4,7H2. The first-order valence-electron chi connectivity index (χ1n) is 6.58. The minimum atomic E-state index is -4.28. The molecule has 1 aromatic rings. The number of nitrogens with zero attached hydrogens (tertiary/aromatic N) is 1. The fourth-order valence-electron chi connectivity index (χ4n) is 2.73. The van der Waals surface area contributed by atoms with Gasteiger partial charge in [0.1, 0.15) is 5.78 Å². The fraction of sp³-hybridized carbons (Fsp3) is 0.571. The Balaban J connectivity index is 2.08. The van der Waals surface area contributed by atoms with E-state index >= 15 is 0 Å². The van der Waals surface area contributed by atoms with Gasteiger partial charge < -0.3 is 0 Å². The second-order valence-electron chi connectivity index (χ2n) is 5.15. The van der Waals surface area contributed by atoms with Crippen molar-refractivity contribution in [1.29, 1.82) is 0 Å². The molecule has 110 valence electrons. The zero-order chi connectivity index (χ0) is 14.8. The van der Waals surface area contributed by atoms with Gasteiger partial charge in [-0.15, -0.1) is 0 Å². The molecule has 20 heavy (non-hydrogen) atoms. The van der Waals surface area contributed by atoms with Crippen molar-refractivity contribution in [2.45, 2.75) is 38.3 Å². The first-order valence-corrected chi connectivity index (χ1v) is 7.37. The number of alkyl halides is 3. The number of Topliss-reactive ketones (excluding diaryl/α,β-unsaturated/α-hetero) is 1. The van der Waals surface area contributed by atoms with Crippen LogP contribution in [0.3, 0.4) is 0 Å². The molecule has 1 aromatic heterocycles. The highest BCUT2D eigenvalue weighted by atomic mass is 79.9. The van der Waals surface area contributed by atoms with E-state index in [0.717, 1.165) is 4.47 Å². The number of pyridine rings is 1. The highest BCUT2D eigenvalue weighted by molar-refractivity contribution is 9.10. The van der Waals surface area contributed by atoms with Crippen molar-refractivity contribution < 1.29 is 18.0 Å². The number of hydrogen-bond acceptors (Lipinski definition) is 2. The number of carbonyl (C=O) groups is 1. The summed E-state index contributed by atoms with van der Waals surface area (Å²) in [6.07, 6.45) is -1.13. The first kappa shape index (κ1) is 15.5. The molecule has 0 bridgehead atoms. The van der Waals surface area contributed by atoms with Crippen LogP contribution in [0.2, 0.25) is 0 Å². The van der Waals surface area contributed by atoms with Crippen molar-refractivity contribution in [3.05, 3.63) is 28.5 Å². The average molecular weight is 350 g/mol. The summed E-state index contributed by atoms with van der Waals surface area (Å²) in [5.41, 5.74) is 0.518. The average Bonchev–Trinajstić information content (AvgIpc) is 2.40. The second-order valence-corrected chi connectivity index (χ2v) is 6.07. The van der Waals surface area contributed by atoms with Crippen LogP contribution in [-0.4, -0.2) is 16.9 Å². The lowest BCUT2D eigenvalue weighted by molar-refractivity contribution is -0.197. The molecule has 2 unspecified atom stereocenters. The van der Waals surface area contributed by atoms with Crippen molar-refractivity contribution in [1.82, 2.24) is 4.98 Å². The van der Waals surface area contributed by atoms with E-state index < -0.39 is 18.0 Å². The van der Waals surface area contributed by atoms with E-state index in [2.05, 4.69) is 20.9 Å². The molecule has 0 spiro atoms. The van der Waals surface area contributed by atoms with E-state index in [1.807, 2.05) is 0 Å². The van der Waals surface area contributed by atoms with Gasteiger partial charge in [-0.2, -0.15) is 13.2 Å². The molecule has 2 nitrogen and oxygen atoms in total.